The highest BCUT2D eigenvalue weighted by atomic mass is 16.5. The monoisotopic (exact) mass is 350 g/mol. The van der Waals surface area contributed by atoms with Crippen molar-refractivity contribution in [1.29, 1.82) is 0 Å². The predicted octanol–water partition coefficient (Wildman–Crippen LogP) is 4.16. The van der Waals surface area contributed by atoms with Gasteiger partial charge in [-0.05, 0) is 48.9 Å². The van der Waals surface area contributed by atoms with E-state index in [1.165, 1.54) is 0 Å². The molecule has 6 nitrogen and oxygen atoms in total. The lowest BCUT2D eigenvalue weighted by Gasteiger charge is -2.11. The third kappa shape index (κ3) is 4.63. The minimum Gasteiger partial charge on any atom is -0.497 e. The molecule has 0 spiro atoms. The Bertz CT molecular complexity index is 849. The van der Waals surface area contributed by atoms with Gasteiger partial charge in [0.1, 0.15) is 17.3 Å². The lowest BCUT2D eigenvalue weighted by atomic mass is 10.2. The zero-order chi connectivity index (χ0) is 18.4. The molecule has 0 fully saturated rings. The fraction of sp³-hybridized carbons (Fsp3) is 0.200. The number of aromatic nitrogens is 2. The summed E-state index contributed by atoms with van der Waals surface area (Å²) in [4.78, 5) is 8.97. The summed E-state index contributed by atoms with van der Waals surface area (Å²) in [5, 5.41) is 6.55. The van der Waals surface area contributed by atoms with Crippen LogP contribution >= 0.6 is 0 Å². The van der Waals surface area contributed by atoms with Crippen LogP contribution in [0, 0.1) is 6.92 Å². The highest BCUT2D eigenvalue weighted by molar-refractivity contribution is 5.56. The molecule has 0 aliphatic rings. The number of methoxy groups -OCH3 is 2. The second-order valence-electron chi connectivity index (χ2n) is 5.77. The van der Waals surface area contributed by atoms with Crippen molar-refractivity contribution in [3.8, 4) is 11.5 Å². The van der Waals surface area contributed by atoms with Gasteiger partial charge in [-0.25, -0.2) is 4.98 Å². The Labute approximate surface area is 153 Å². The van der Waals surface area contributed by atoms with Crippen molar-refractivity contribution in [2.45, 2.75) is 13.5 Å². The standard InChI is InChI=1S/C20H22N4O2/c1-14-12-19(21-13-15-4-8-17(25-2)9-5-15)24-20(22-14)23-16-6-10-18(26-3)11-7-16/h4-12H,13H2,1-3H3,(H2,21,22,23,24). The van der Waals surface area contributed by atoms with Crippen LogP contribution in [-0.2, 0) is 6.54 Å². The number of ether oxygens (including phenoxy) is 2. The van der Waals surface area contributed by atoms with E-state index in [9.17, 15) is 0 Å². The van der Waals surface area contributed by atoms with Crippen LogP contribution < -0.4 is 20.1 Å². The molecule has 0 saturated carbocycles. The van der Waals surface area contributed by atoms with Crippen LogP contribution in [0.25, 0.3) is 0 Å². The lowest BCUT2D eigenvalue weighted by Crippen LogP contribution is -2.05. The molecule has 6 heteroatoms. The van der Waals surface area contributed by atoms with E-state index in [0.29, 0.717) is 12.5 Å². The summed E-state index contributed by atoms with van der Waals surface area (Å²) in [5.74, 6) is 2.97. The maximum absolute atomic E-state index is 5.18. The van der Waals surface area contributed by atoms with E-state index in [0.717, 1.165) is 34.3 Å². The second kappa shape index (κ2) is 8.20. The van der Waals surface area contributed by atoms with Gasteiger partial charge in [0.2, 0.25) is 5.95 Å². The molecule has 3 aromatic rings. The first kappa shape index (κ1) is 17.5. The van der Waals surface area contributed by atoms with Crippen molar-refractivity contribution in [2.24, 2.45) is 0 Å². The topological polar surface area (TPSA) is 68.3 Å². The summed E-state index contributed by atoms with van der Waals surface area (Å²) in [6, 6.07) is 17.5. The molecular weight excluding hydrogens is 328 g/mol. The number of anilines is 3. The van der Waals surface area contributed by atoms with Gasteiger partial charge in [0, 0.05) is 24.0 Å². The number of nitrogens with one attached hydrogen (secondary N) is 2. The molecule has 0 bridgehead atoms. The average molecular weight is 350 g/mol. The second-order valence-corrected chi connectivity index (χ2v) is 5.77. The van der Waals surface area contributed by atoms with Crippen LogP contribution in [0.5, 0.6) is 11.5 Å². The van der Waals surface area contributed by atoms with Gasteiger partial charge in [-0.2, -0.15) is 4.98 Å². The van der Waals surface area contributed by atoms with E-state index in [1.54, 1.807) is 14.2 Å². The van der Waals surface area contributed by atoms with Gasteiger partial charge in [0.15, 0.2) is 0 Å². The van der Waals surface area contributed by atoms with Gasteiger partial charge in [-0.3, -0.25) is 0 Å². The largest absolute Gasteiger partial charge is 0.497 e. The van der Waals surface area contributed by atoms with Crippen molar-refractivity contribution in [3.05, 3.63) is 65.9 Å². The highest BCUT2D eigenvalue weighted by Gasteiger charge is 2.04. The molecule has 3 rings (SSSR count). The molecule has 1 heterocycles. The van der Waals surface area contributed by atoms with Crippen LogP contribution in [0.3, 0.4) is 0 Å². The van der Waals surface area contributed by atoms with Crippen LogP contribution in [0.2, 0.25) is 0 Å². The predicted molar refractivity (Wildman–Crippen MR) is 103 cm³/mol. The molecule has 0 saturated heterocycles. The molecule has 0 unspecified atom stereocenters. The fourth-order valence-corrected chi connectivity index (χ4v) is 2.45. The molecule has 0 aliphatic carbocycles. The summed E-state index contributed by atoms with van der Waals surface area (Å²) in [7, 11) is 3.31. The molecule has 134 valence electrons. The average Bonchev–Trinajstić information content (AvgIpc) is 2.67. The number of hydrogen-bond donors (Lipinski definition) is 2. The normalized spacial score (nSPS) is 10.3. The Kier molecular flexibility index (Phi) is 5.53. The van der Waals surface area contributed by atoms with E-state index >= 15 is 0 Å². The first-order valence-corrected chi connectivity index (χ1v) is 8.30. The smallest absolute Gasteiger partial charge is 0.229 e. The van der Waals surface area contributed by atoms with E-state index < -0.39 is 0 Å². The molecule has 26 heavy (non-hydrogen) atoms. The van der Waals surface area contributed by atoms with Gasteiger partial charge in [0.25, 0.3) is 0 Å². The lowest BCUT2D eigenvalue weighted by molar-refractivity contribution is 0.414. The number of aryl methyl sites for hydroxylation is 1. The van der Waals surface area contributed by atoms with Crippen molar-refractivity contribution >= 4 is 17.5 Å². The summed E-state index contributed by atoms with van der Waals surface area (Å²) in [6.07, 6.45) is 0. The van der Waals surface area contributed by atoms with E-state index in [2.05, 4.69) is 20.6 Å². The molecule has 0 amide bonds. The van der Waals surface area contributed by atoms with E-state index in [-0.39, 0.29) is 0 Å². The minimum atomic E-state index is 0.549. The Morgan fingerprint density at radius 1 is 0.846 bits per heavy atom. The number of nitrogens with zero attached hydrogens (tertiary/aromatic N) is 2. The molecule has 0 radical (unpaired) electrons. The highest BCUT2D eigenvalue weighted by Crippen LogP contribution is 2.19. The summed E-state index contributed by atoms with van der Waals surface area (Å²) >= 11 is 0. The third-order valence-corrected chi connectivity index (χ3v) is 3.83. The quantitative estimate of drug-likeness (QED) is 0.667. The number of rotatable bonds is 7. The van der Waals surface area contributed by atoms with E-state index in [1.807, 2.05) is 61.5 Å². The van der Waals surface area contributed by atoms with Crippen molar-refractivity contribution in [2.75, 3.05) is 24.9 Å². The Morgan fingerprint density at radius 2 is 1.46 bits per heavy atom. The fourth-order valence-electron chi connectivity index (χ4n) is 2.45. The zero-order valence-corrected chi connectivity index (χ0v) is 15.1. The maximum atomic E-state index is 5.18. The van der Waals surface area contributed by atoms with Gasteiger partial charge in [0.05, 0.1) is 14.2 Å². The minimum absolute atomic E-state index is 0.549. The van der Waals surface area contributed by atoms with Crippen molar-refractivity contribution in [3.63, 3.8) is 0 Å². The summed E-state index contributed by atoms with van der Waals surface area (Å²) in [5.41, 5.74) is 2.93. The van der Waals surface area contributed by atoms with Gasteiger partial charge in [-0.15, -0.1) is 0 Å². The number of hydrogen-bond acceptors (Lipinski definition) is 6. The maximum Gasteiger partial charge on any atom is 0.229 e. The van der Waals surface area contributed by atoms with Crippen LogP contribution in [0.4, 0.5) is 17.5 Å². The summed E-state index contributed by atoms with van der Waals surface area (Å²) in [6.45, 7) is 2.61. The van der Waals surface area contributed by atoms with Crippen LogP contribution in [0.1, 0.15) is 11.3 Å². The molecule has 1 aromatic heterocycles. The van der Waals surface area contributed by atoms with Gasteiger partial charge >= 0.3 is 0 Å². The Morgan fingerprint density at radius 3 is 2.08 bits per heavy atom. The van der Waals surface area contributed by atoms with Crippen molar-refractivity contribution in [1.82, 2.24) is 9.97 Å². The van der Waals surface area contributed by atoms with Gasteiger partial charge in [-0.1, -0.05) is 12.1 Å². The van der Waals surface area contributed by atoms with Crippen LogP contribution in [-0.4, -0.2) is 24.2 Å². The Hall–Kier alpha value is -3.28. The van der Waals surface area contributed by atoms with Gasteiger partial charge < -0.3 is 20.1 Å². The molecule has 0 aliphatic heterocycles. The number of benzene rings is 2. The van der Waals surface area contributed by atoms with E-state index in [4.69, 9.17) is 9.47 Å². The van der Waals surface area contributed by atoms with Crippen molar-refractivity contribution < 1.29 is 9.47 Å². The molecule has 2 aromatic carbocycles. The van der Waals surface area contributed by atoms with Crippen LogP contribution in [0.15, 0.2) is 54.6 Å². The summed E-state index contributed by atoms with van der Waals surface area (Å²) < 4.78 is 10.3. The molecule has 2 N–H and O–H groups in total. The Balaban J connectivity index is 1.67. The molecule has 0 atom stereocenters. The first-order valence-electron chi connectivity index (χ1n) is 8.30. The SMILES string of the molecule is COc1ccc(CNc2cc(C)nc(Nc3ccc(OC)cc3)n2)cc1. The molecular formula is C20H22N4O2. The zero-order valence-electron chi connectivity index (χ0n) is 15.1. The first-order chi connectivity index (χ1) is 12.7. The third-order valence-electron chi connectivity index (χ3n) is 3.83.